The van der Waals surface area contributed by atoms with Crippen LogP contribution in [0.2, 0.25) is 0 Å². The highest BCUT2D eigenvalue weighted by atomic mass is 16.5. The van der Waals surface area contributed by atoms with Gasteiger partial charge in [-0.05, 0) is 30.5 Å². The molecule has 1 aliphatic carbocycles. The van der Waals surface area contributed by atoms with Crippen LogP contribution in [-0.2, 0) is 11.3 Å². The maximum atomic E-state index is 5.71. The lowest BCUT2D eigenvalue weighted by atomic mass is 10.1. The predicted octanol–water partition coefficient (Wildman–Crippen LogP) is 3.52. The van der Waals surface area contributed by atoms with Crippen molar-refractivity contribution >= 4 is 0 Å². The standard InChI is InChI=1S/C17H27NO2/c1-19-17-10-8-15(9-11-17)14-20-13-12-18-16-6-4-2-3-5-7-16/h8-11,16,18H,2-7,12-14H2,1H3. The van der Waals surface area contributed by atoms with Gasteiger partial charge in [0.15, 0.2) is 0 Å². The van der Waals surface area contributed by atoms with Gasteiger partial charge in [-0.3, -0.25) is 0 Å². The summed E-state index contributed by atoms with van der Waals surface area (Å²) in [4.78, 5) is 0. The first-order chi connectivity index (χ1) is 9.88. The topological polar surface area (TPSA) is 30.5 Å². The van der Waals surface area contributed by atoms with Crippen molar-refractivity contribution in [3.63, 3.8) is 0 Å². The monoisotopic (exact) mass is 277 g/mol. The number of benzene rings is 1. The van der Waals surface area contributed by atoms with E-state index in [9.17, 15) is 0 Å². The molecule has 1 aromatic rings. The predicted molar refractivity (Wildman–Crippen MR) is 82.1 cm³/mol. The van der Waals surface area contributed by atoms with Crippen LogP contribution in [-0.4, -0.2) is 26.3 Å². The van der Waals surface area contributed by atoms with E-state index in [4.69, 9.17) is 9.47 Å². The number of rotatable bonds is 7. The zero-order valence-corrected chi connectivity index (χ0v) is 12.6. The maximum absolute atomic E-state index is 5.71. The zero-order valence-electron chi connectivity index (χ0n) is 12.6. The maximum Gasteiger partial charge on any atom is 0.118 e. The van der Waals surface area contributed by atoms with Crippen molar-refractivity contribution < 1.29 is 9.47 Å². The van der Waals surface area contributed by atoms with Gasteiger partial charge in [0.05, 0.1) is 20.3 Å². The lowest BCUT2D eigenvalue weighted by molar-refractivity contribution is 0.120. The van der Waals surface area contributed by atoms with Crippen LogP contribution in [0.15, 0.2) is 24.3 Å². The van der Waals surface area contributed by atoms with Crippen molar-refractivity contribution in [3.8, 4) is 5.75 Å². The van der Waals surface area contributed by atoms with Crippen molar-refractivity contribution in [1.82, 2.24) is 5.32 Å². The highest BCUT2D eigenvalue weighted by Crippen LogP contribution is 2.17. The fraction of sp³-hybridized carbons (Fsp3) is 0.647. The molecule has 1 aromatic carbocycles. The summed E-state index contributed by atoms with van der Waals surface area (Å²) >= 11 is 0. The molecule has 20 heavy (non-hydrogen) atoms. The molecule has 0 aliphatic heterocycles. The van der Waals surface area contributed by atoms with Crippen LogP contribution in [0.5, 0.6) is 5.75 Å². The third kappa shape index (κ3) is 5.51. The summed E-state index contributed by atoms with van der Waals surface area (Å²) in [5.74, 6) is 0.892. The molecule has 0 heterocycles. The zero-order chi connectivity index (χ0) is 14.0. The summed E-state index contributed by atoms with van der Waals surface area (Å²) in [7, 11) is 1.69. The lowest BCUT2D eigenvalue weighted by Crippen LogP contribution is -2.31. The van der Waals surface area contributed by atoms with Crippen molar-refractivity contribution in [2.24, 2.45) is 0 Å². The van der Waals surface area contributed by atoms with Crippen LogP contribution in [0, 0.1) is 0 Å². The number of hydrogen-bond donors (Lipinski definition) is 1. The first kappa shape index (κ1) is 15.3. The van der Waals surface area contributed by atoms with Gasteiger partial charge in [0.1, 0.15) is 5.75 Å². The molecule has 2 rings (SSSR count). The van der Waals surface area contributed by atoms with Gasteiger partial charge in [0.2, 0.25) is 0 Å². The molecule has 1 N–H and O–H groups in total. The number of hydrogen-bond acceptors (Lipinski definition) is 3. The van der Waals surface area contributed by atoms with E-state index < -0.39 is 0 Å². The highest BCUT2D eigenvalue weighted by molar-refractivity contribution is 5.26. The molecule has 0 unspecified atom stereocenters. The Labute approximate surface area is 122 Å². The molecular weight excluding hydrogens is 250 g/mol. The quantitative estimate of drug-likeness (QED) is 0.611. The third-order valence-corrected chi connectivity index (χ3v) is 3.96. The smallest absolute Gasteiger partial charge is 0.118 e. The van der Waals surface area contributed by atoms with Crippen LogP contribution >= 0.6 is 0 Å². The van der Waals surface area contributed by atoms with Gasteiger partial charge >= 0.3 is 0 Å². The average Bonchev–Trinajstić information content (AvgIpc) is 2.76. The Balaban J connectivity index is 1.56. The van der Waals surface area contributed by atoms with Gasteiger partial charge in [-0.25, -0.2) is 0 Å². The molecule has 1 saturated carbocycles. The van der Waals surface area contributed by atoms with Gasteiger partial charge in [-0.15, -0.1) is 0 Å². The molecule has 0 aromatic heterocycles. The van der Waals surface area contributed by atoms with Gasteiger partial charge in [-0.2, -0.15) is 0 Å². The molecule has 0 radical (unpaired) electrons. The fourth-order valence-corrected chi connectivity index (χ4v) is 2.73. The Kier molecular flexibility index (Phi) is 6.89. The molecule has 3 nitrogen and oxygen atoms in total. The van der Waals surface area contributed by atoms with Crippen molar-refractivity contribution in [2.45, 2.75) is 51.2 Å². The molecule has 0 spiro atoms. The molecule has 0 amide bonds. The van der Waals surface area contributed by atoms with E-state index in [2.05, 4.69) is 17.4 Å². The Morgan fingerprint density at radius 1 is 1.05 bits per heavy atom. The number of nitrogens with one attached hydrogen (secondary N) is 1. The normalized spacial score (nSPS) is 16.9. The second-order valence-corrected chi connectivity index (χ2v) is 5.54. The van der Waals surface area contributed by atoms with E-state index >= 15 is 0 Å². The van der Waals surface area contributed by atoms with Crippen LogP contribution in [0.4, 0.5) is 0 Å². The first-order valence-electron chi connectivity index (χ1n) is 7.82. The number of ether oxygens (including phenoxy) is 2. The van der Waals surface area contributed by atoms with Crippen molar-refractivity contribution in [3.05, 3.63) is 29.8 Å². The minimum Gasteiger partial charge on any atom is -0.497 e. The Hall–Kier alpha value is -1.06. The Morgan fingerprint density at radius 2 is 1.75 bits per heavy atom. The van der Waals surface area contributed by atoms with E-state index in [0.717, 1.165) is 18.9 Å². The molecule has 1 aliphatic rings. The summed E-state index contributed by atoms with van der Waals surface area (Å²) in [5, 5.41) is 3.62. The van der Waals surface area contributed by atoms with Crippen molar-refractivity contribution in [2.75, 3.05) is 20.3 Å². The molecule has 0 atom stereocenters. The van der Waals surface area contributed by atoms with Gasteiger partial charge < -0.3 is 14.8 Å². The molecule has 3 heteroatoms. The Morgan fingerprint density at radius 3 is 2.40 bits per heavy atom. The highest BCUT2D eigenvalue weighted by Gasteiger charge is 2.10. The van der Waals surface area contributed by atoms with E-state index in [1.165, 1.54) is 44.1 Å². The van der Waals surface area contributed by atoms with E-state index in [1.807, 2.05) is 12.1 Å². The van der Waals surface area contributed by atoms with E-state index in [-0.39, 0.29) is 0 Å². The molecule has 112 valence electrons. The SMILES string of the molecule is COc1ccc(COCCNC2CCCCCC2)cc1. The van der Waals surface area contributed by atoms with E-state index in [0.29, 0.717) is 12.6 Å². The Bertz CT molecular complexity index is 356. The molecular formula is C17H27NO2. The summed E-state index contributed by atoms with van der Waals surface area (Å²) in [5.41, 5.74) is 1.19. The summed E-state index contributed by atoms with van der Waals surface area (Å²) in [6, 6.07) is 8.77. The van der Waals surface area contributed by atoms with Gasteiger partial charge in [-0.1, -0.05) is 37.8 Å². The summed E-state index contributed by atoms with van der Waals surface area (Å²) in [6.45, 7) is 2.42. The van der Waals surface area contributed by atoms with Crippen LogP contribution < -0.4 is 10.1 Å². The lowest BCUT2D eigenvalue weighted by Gasteiger charge is -2.16. The van der Waals surface area contributed by atoms with Crippen molar-refractivity contribution in [1.29, 1.82) is 0 Å². The summed E-state index contributed by atoms with van der Waals surface area (Å²) in [6.07, 6.45) is 8.24. The van der Waals surface area contributed by atoms with Gasteiger partial charge in [0, 0.05) is 12.6 Å². The van der Waals surface area contributed by atoms with Crippen LogP contribution in [0.1, 0.15) is 44.1 Å². The van der Waals surface area contributed by atoms with E-state index in [1.54, 1.807) is 7.11 Å². The third-order valence-electron chi connectivity index (χ3n) is 3.96. The minimum absolute atomic E-state index is 0.677. The second kappa shape index (κ2) is 8.98. The molecule has 0 saturated heterocycles. The second-order valence-electron chi connectivity index (χ2n) is 5.54. The summed E-state index contributed by atoms with van der Waals surface area (Å²) < 4.78 is 10.9. The average molecular weight is 277 g/mol. The first-order valence-corrected chi connectivity index (χ1v) is 7.82. The number of methoxy groups -OCH3 is 1. The molecule has 0 bridgehead atoms. The largest absolute Gasteiger partial charge is 0.497 e. The van der Waals surface area contributed by atoms with Crippen LogP contribution in [0.3, 0.4) is 0 Å². The van der Waals surface area contributed by atoms with Gasteiger partial charge in [0.25, 0.3) is 0 Å². The minimum atomic E-state index is 0.677. The molecule has 1 fully saturated rings. The fourth-order valence-electron chi connectivity index (χ4n) is 2.73. The van der Waals surface area contributed by atoms with Crippen LogP contribution in [0.25, 0.3) is 0 Å².